The van der Waals surface area contributed by atoms with Crippen LogP contribution in [0.3, 0.4) is 0 Å². The van der Waals surface area contributed by atoms with Crippen molar-refractivity contribution in [2.45, 2.75) is 57.0 Å². The van der Waals surface area contributed by atoms with Gasteiger partial charge in [-0.25, -0.2) is 14.3 Å². The van der Waals surface area contributed by atoms with Crippen LogP contribution in [0, 0.1) is 11.7 Å². The molecule has 1 aromatic heterocycles. The van der Waals surface area contributed by atoms with Gasteiger partial charge in [-0.2, -0.15) is 4.39 Å². The third kappa shape index (κ3) is 6.24. The fourth-order valence-corrected chi connectivity index (χ4v) is 6.37. The molecular weight excluding hydrogens is 548 g/mol. The number of Topliss-reactive ketones (excluding diaryl/α,β-unsaturated/α-hetero) is 1. The number of anilines is 2. The lowest BCUT2D eigenvalue weighted by atomic mass is 9.87. The molecule has 0 amide bonds. The Bertz CT molecular complexity index is 1360. The maximum atomic E-state index is 16.5. The molecule has 1 saturated heterocycles. The average molecular weight is 578 g/mol. The molecule has 0 spiro atoms. The molecule has 1 atom stereocenters. The Kier molecular flexibility index (Phi) is 8.46. The van der Waals surface area contributed by atoms with E-state index in [1.807, 2.05) is 0 Å². The van der Waals surface area contributed by atoms with Crippen LogP contribution >= 0.6 is 22.9 Å². The number of hydrogen-bond acceptors (Lipinski definition) is 8. The Hall–Kier alpha value is -2.66. The van der Waals surface area contributed by atoms with Crippen LogP contribution in [0.5, 0.6) is 0 Å². The van der Waals surface area contributed by atoms with Crippen molar-refractivity contribution in [2.24, 2.45) is 5.92 Å². The first-order valence-corrected chi connectivity index (χ1v) is 14.3. The van der Waals surface area contributed by atoms with Crippen LogP contribution in [0.1, 0.15) is 44.1 Å². The van der Waals surface area contributed by atoms with Gasteiger partial charge in [0.2, 0.25) is 5.78 Å². The summed E-state index contributed by atoms with van der Waals surface area (Å²) in [5, 5.41) is 4.03. The summed E-state index contributed by atoms with van der Waals surface area (Å²) in [5.74, 6) is -4.06. The normalized spacial score (nSPS) is 21.5. The van der Waals surface area contributed by atoms with Crippen LogP contribution in [0.4, 0.5) is 19.6 Å². The van der Waals surface area contributed by atoms with E-state index in [1.54, 1.807) is 24.3 Å². The number of ether oxygens (including phenoxy) is 2. The Morgan fingerprint density at radius 1 is 1.15 bits per heavy atom. The Morgan fingerprint density at radius 3 is 2.59 bits per heavy atom. The highest BCUT2D eigenvalue weighted by Gasteiger charge is 2.48. The predicted molar refractivity (Wildman–Crippen MR) is 147 cm³/mol. The topological polar surface area (TPSA) is 80.8 Å². The molecule has 39 heavy (non-hydrogen) atoms. The lowest BCUT2D eigenvalue weighted by Gasteiger charge is -2.37. The quantitative estimate of drug-likeness (QED) is 0.232. The van der Waals surface area contributed by atoms with E-state index in [2.05, 4.69) is 10.3 Å². The number of aromatic nitrogens is 1. The number of nitrogens with zero attached hydrogens (tertiary/aromatic N) is 2. The van der Waals surface area contributed by atoms with Crippen molar-refractivity contribution < 1.29 is 27.8 Å². The predicted octanol–water partition coefficient (Wildman–Crippen LogP) is 6.41. The summed E-state index contributed by atoms with van der Waals surface area (Å²) in [5.41, 5.74) is 1.67. The van der Waals surface area contributed by atoms with Crippen molar-refractivity contribution in [2.75, 3.05) is 25.5 Å². The van der Waals surface area contributed by atoms with Crippen molar-refractivity contribution in [3.8, 4) is 0 Å². The van der Waals surface area contributed by atoms with Crippen molar-refractivity contribution in [3.63, 3.8) is 0 Å². The van der Waals surface area contributed by atoms with Crippen molar-refractivity contribution in [3.05, 3.63) is 52.8 Å². The number of carbonyl (C=O) groups is 2. The van der Waals surface area contributed by atoms with Gasteiger partial charge in [0.05, 0.1) is 40.1 Å². The number of halogens is 3. The summed E-state index contributed by atoms with van der Waals surface area (Å²) >= 11 is 7.87. The van der Waals surface area contributed by atoms with Gasteiger partial charge in [0.25, 0.3) is 0 Å². The molecule has 1 aliphatic carbocycles. The number of fused-ring (bicyclic) bond motifs is 1. The van der Waals surface area contributed by atoms with Gasteiger partial charge in [-0.05, 0) is 68.4 Å². The van der Waals surface area contributed by atoms with E-state index in [9.17, 15) is 14.0 Å². The van der Waals surface area contributed by atoms with E-state index in [-0.39, 0.29) is 24.1 Å². The minimum Gasteiger partial charge on any atom is -0.469 e. The molecule has 3 aromatic rings. The van der Waals surface area contributed by atoms with Crippen LogP contribution < -0.4 is 5.32 Å². The first-order valence-electron chi connectivity index (χ1n) is 13.1. The highest BCUT2D eigenvalue weighted by Crippen LogP contribution is 2.36. The van der Waals surface area contributed by atoms with Crippen LogP contribution in [-0.4, -0.2) is 53.9 Å². The largest absolute Gasteiger partial charge is 0.469 e. The molecule has 1 aliphatic heterocycles. The summed E-state index contributed by atoms with van der Waals surface area (Å²) < 4.78 is 41.5. The molecule has 1 saturated carbocycles. The Labute approximate surface area is 234 Å². The summed E-state index contributed by atoms with van der Waals surface area (Å²) in [7, 11) is 1.36. The monoisotopic (exact) mass is 577 g/mol. The highest BCUT2D eigenvalue weighted by atomic mass is 35.5. The number of benzene rings is 2. The van der Waals surface area contributed by atoms with E-state index < -0.39 is 17.9 Å². The average Bonchev–Trinajstić information content (AvgIpc) is 3.60. The molecule has 11 heteroatoms. The minimum absolute atomic E-state index is 0.190. The van der Waals surface area contributed by atoms with Crippen LogP contribution in [0.25, 0.3) is 10.2 Å². The summed E-state index contributed by atoms with van der Waals surface area (Å²) in [4.78, 5) is 31.1. The highest BCUT2D eigenvalue weighted by molar-refractivity contribution is 7.22. The zero-order valence-electron chi connectivity index (χ0n) is 21.6. The van der Waals surface area contributed by atoms with Gasteiger partial charge < -0.3 is 14.8 Å². The van der Waals surface area contributed by atoms with Gasteiger partial charge in [-0.3, -0.25) is 9.59 Å². The summed E-state index contributed by atoms with van der Waals surface area (Å²) in [6, 6.07) is 9.46. The molecule has 2 heterocycles. The number of rotatable bonds is 9. The van der Waals surface area contributed by atoms with Gasteiger partial charge in [-0.1, -0.05) is 29.0 Å². The van der Waals surface area contributed by atoms with E-state index in [1.165, 1.54) is 35.5 Å². The number of alkyl halides is 1. The first-order chi connectivity index (χ1) is 18.7. The second-order valence-corrected chi connectivity index (χ2v) is 11.5. The SMILES string of the molecule is COC(=O)[C@H]1CC[C@H](OC(F)(C(=O)Cc2ccc(Nc3nc4cc(F)ccc4s3)c(Cl)c2)N2CCCC2)CC1. The van der Waals surface area contributed by atoms with Gasteiger partial charge in [0.15, 0.2) is 5.13 Å². The van der Waals surface area contributed by atoms with E-state index in [0.29, 0.717) is 65.7 Å². The lowest BCUT2D eigenvalue weighted by Crippen LogP contribution is -2.54. The van der Waals surface area contributed by atoms with Gasteiger partial charge in [-0.15, -0.1) is 0 Å². The maximum Gasteiger partial charge on any atom is 0.330 e. The number of esters is 1. The van der Waals surface area contributed by atoms with Gasteiger partial charge in [0.1, 0.15) is 5.82 Å². The third-order valence-electron chi connectivity index (χ3n) is 7.38. The van der Waals surface area contributed by atoms with Crippen LogP contribution in [0.15, 0.2) is 36.4 Å². The standard InChI is InChI=1S/C28H30ClF2N3O4S/c1-37-26(36)18-5-8-20(9-6-18)38-28(31,34-12-2-3-13-34)25(35)15-17-4-10-22(21(29)14-17)32-27-33-23-16-19(30)7-11-24(23)39-27/h4,7,10-11,14,16,18,20H,2-3,5-6,8-9,12-13,15H2,1H3,(H,32,33)/t18-,20-,28?. The van der Waals surface area contributed by atoms with E-state index >= 15 is 4.39 Å². The van der Waals surface area contributed by atoms with Gasteiger partial charge >= 0.3 is 11.9 Å². The number of nitrogens with one attached hydrogen (secondary N) is 1. The Morgan fingerprint density at radius 2 is 1.90 bits per heavy atom. The second kappa shape index (κ2) is 11.8. The summed E-state index contributed by atoms with van der Waals surface area (Å²) in [6.45, 7) is 0.880. The third-order valence-corrected chi connectivity index (χ3v) is 8.64. The van der Waals surface area contributed by atoms with E-state index in [0.717, 1.165) is 17.5 Å². The fraction of sp³-hybridized carbons (Fsp3) is 0.464. The fourth-order valence-electron chi connectivity index (χ4n) is 5.26. The second-order valence-electron chi connectivity index (χ2n) is 10.0. The molecule has 1 N–H and O–H groups in total. The molecule has 5 rings (SSSR count). The molecule has 2 aliphatic rings. The number of ketones is 1. The first kappa shape index (κ1) is 27.9. The van der Waals surface area contributed by atoms with Crippen molar-refractivity contribution >= 4 is 55.7 Å². The molecular formula is C28H30ClF2N3O4S. The lowest BCUT2D eigenvalue weighted by molar-refractivity contribution is -0.252. The number of carbonyl (C=O) groups excluding carboxylic acids is 2. The number of hydrogen-bond donors (Lipinski definition) is 1. The smallest absolute Gasteiger partial charge is 0.330 e. The zero-order chi connectivity index (χ0) is 27.6. The molecule has 0 radical (unpaired) electrons. The van der Waals surface area contributed by atoms with Crippen molar-refractivity contribution in [1.29, 1.82) is 0 Å². The van der Waals surface area contributed by atoms with Gasteiger partial charge in [0, 0.05) is 25.6 Å². The molecule has 7 nitrogen and oxygen atoms in total. The molecule has 2 fully saturated rings. The molecule has 208 valence electrons. The summed E-state index contributed by atoms with van der Waals surface area (Å²) in [6.07, 6.45) is 2.98. The Balaban J connectivity index is 1.27. The number of methoxy groups -OCH3 is 1. The molecule has 2 aromatic carbocycles. The van der Waals surface area contributed by atoms with Crippen LogP contribution in [-0.2, 0) is 25.5 Å². The maximum absolute atomic E-state index is 16.5. The van der Waals surface area contributed by atoms with Crippen molar-refractivity contribution in [1.82, 2.24) is 9.88 Å². The van der Waals surface area contributed by atoms with E-state index in [4.69, 9.17) is 21.1 Å². The minimum atomic E-state index is -2.54. The van der Waals surface area contributed by atoms with Crippen LogP contribution in [0.2, 0.25) is 5.02 Å². The number of likely N-dealkylation sites (tertiary alicyclic amines) is 1. The number of thiazole rings is 1. The zero-order valence-corrected chi connectivity index (χ0v) is 23.1. The molecule has 1 unspecified atom stereocenters. The molecule has 0 bridgehead atoms.